The van der Waals surface area contributed by atoms with Crippen molar-refractivity contribution in [3.63, 3.8) is 0 Å². The van der Waals surface area contributed by atoms with E-state index in [1.54, 1.807) is 6.07 Å². The number of anilines is 1. The van der Waals surface area contributed by atoms with E-state index in [4.69, 9.17) is 0 Å². The van der Waals surface area contributed by atoms with Gasteiger partial charge in [0.1, 0.15) is 0 Å². The molecule has 160 valence electrons. The van der Waals surface area contributed by atoms with Crippen LogP contribution in [0.3, 0.4) is 0 Å². The fourth-order valence-corrected chi connectivity index (χ4v) is 4.02. The third kappa shape index (κ3) is 4.74. The minimum Gasteiger partial charge on any atom is -0.368 e. The van der Waals surface area contributed by atoms with Gasteiger partial charge in [-0.2, -0.15) is 13.2 Å². The van der Waals surface area contributed by atoms with E-state index in [-0.39, 0.29) is 5.91 Å². The molecule has 0 aromatic heterocycles. The second-order valence-corrected chi connectivity index (χ2v) is 7.61. The van der Waals surface area contributed by atoms with Crippen LogP contribution in [-0.2, 0) is 11.0 Å². The first-order valence-electron chi connectivity index (χ1n) is 10.2. The molecule has 6 heteroatoms. The fraction of sp³-hybridized carbons (Fsp3) is 0.240. The van der Waals surface area contributed by atoms with Crippen LogP contribution in [0, 0.1) is 0 Å². The van der Waals surface area contributed by atoms with E-state index < -0.39 is 17.7 Å². The molecule has 3 nitrogen and oxygen atoms in total. The van der Waals surface area contributed by atoms with Gasteiger partial charge in [-0.15, -0.1) is 0 Å². The van der Waals surface area contributed by atoms with Crippen molar-refractivity contribution in [3.05, 3.63) is 102 Å². The van der Waals surface area contributed by atoms with Gasteiger partial charge in [0.05, 0.1) is 11.5 Å². The zero-order valence-corrected chi connectivity index (χ0v) is 16.9. The summed E-state index contributed by atoms with van der Waals surface area (Å²) >= 11 is 0. The molecule has 0 aliphatic carbocycles. The molecule has 0 spiro atoms. The molecule has 1 aliphatic rings. The highest BCUT2D eigenvalue weighted by atomic mass is 19.4. The zero-order valence-electron chi connectivity index (χ0n) is 16.9. The summed E-state index contributed by atoms with van der Waals surface area (Å²) in [6.07, 6.45) is -4.37. The topological polar surface area (TPSA) is 23.6 Å². The third-order valence-electron chi connectivity index (χ3n) is 5.64. The molecule has 4 rings (SSSR count). The Morgan fingerprint density at radius 3 is 1.81 bits per heavy atom. The molecule has 3 aromatic carbocycles. The molecule has 31 heavy (non-hydrogen) atoms. The molecule has 0 N–H and O–H groups in total. The summed E-state index contributed by atoms with van der Waals surface area (Å²) in [7, 11) is 0. The van der Waals surface area contributed by atoms with Crippen molar-refractivity contribution in [2.45, 2.75) is 12.1 Å². The van der Waals surface area contributed by atoms with Crippen LogP contribution >= 0.6 is 0 Å². The Labute approximate surface area is 179 Å². The number of carbonyl (C=O) groups excluding carboxylic acids is 1. The SMILES string of the molecule is O=C(C(c1ccccc1)c1ccccc1)N1CCN(c2cccc(C(F)(F)F)c2)CC1. The van der Waals surface area contributed by atoms with Gasteiger partial charge in [0.2, 0.25) is 5.91 Å². The maximum atomic E-state index is 13.5. The lowest BCUT2D eigenvalue weighted by atomic mass is 9.90. The Morgan fingerprint density at radius 1 is 0.742 bits per heavy atom. The maximum Gasteiger partial charge on any atom is 0.416 e. The summed E-state index contributed by atoms with van der Waals surface area (Å²) in [5.41, 5.74) is 1.74. The first-order chi connectivity index (χ1) is 14.9. The monoisotopic (exact) mass is 424 g/mol. The molecular formula is C25H23F3N2O. The molecule has 0 saturated carbocycles. The van der Waals surface area contributed by atoms with E-state index in [1.165, 1.54) is 12.1 Å². The van der Waals surface area contributed by atoms with Crippen LogP contribution < -0.4 is 4.90 Å². The van der Waals surface area contributed by atoms with E-state index in [2.05, 4.69) is 0 Å². The summed E-state index contributed by atoms with van der Waals surface area (Å²) < 4.78 is 39.1. The number of hydrogen-bond acceptors (Lipinski definition) is 2. The fourth-order valence-electron chi connectivity index (χ4n) is 4.02. The van der Waals surface area contributed by atoms with Crippen LogP contribution in [0.25, 0.3) is 0 Å². The minimum atomic E-state index is -4.37. The summed E-state index contributed by atoms with van der Waals surface area (Å²) in [6.45, 7) is 1.91. The standard InChI is InChI=1S/C25H23F3N2O/c26-25(27,28)21-12-7-13-22(18-21)29-14-16-30(17-15-29)24(31)23(19-8-3-1-4-9-19)20-10-5-2-6-11-20/h1-13,18,23H,14-17H2. The summed E-state index contributed by atoms with van der Waals surface area (Å²) in [4.78, 5) is 17.2. The molecule has 1 aliphatic heterocycles. The molecule has 3 aromatic rings. The second-order valence-electron chi connectivity index (χ2n) is 7.61. The van der Waals surface area contributed by atoms with Gasteiger partial charge < -0.3 is 9.80 Å². The molecule has 0 atom stereocenters. The van der Waals surface area contributed by atoms with Gasteiger partial charge in [0.15, 0.2) is 0 Å². The van der Waals surface area contributed by atoms with Crippen molar-refractivity contribution in [2.75, 3.05) is 31.1 Å². The Kier molecular flexibility index (Phi) is 5.98. The van der Waals surface area contributed by atoms with Gasteiger partial charge >= 0.3 is 6.18 Å². The molecule has 1 fully saturated rings. The maximum absolute atomic E-state index is 13.5. The molecule has 1 amide bonds. The van der Waals surface area contributed by atoms with Gasteiger partial charge in [-0.05, 0) is 29.3 Å². The highest BCUT2D eigenvalue weighted by molar-refractivity contribution is 5.87. The predicted octanol–water partition coefficient (Wildman–Crippen LogP) is 5.19. The van der Waals surface area contributed by atoms with Crippen molar-refractivity contribution in [1.29, 1.82) is 0 Å². The lowest BCUT2D eigenvalue weighted by Crippen LogP contribution is -2.50. The third-order valence-corrected chi connectivity index (χ3v) is 5.64. The van der Waals surface area contributed by atoms with Crippen LogP contribution in [0.4, 0.5) is 18.9 Å². The number of rotatable bonds is 4. The summed E-state index contributed by atoms with van der Waals surface area (Å²) in [5, 5.41) is 0. The number of nitrogens with zero attached hydrogens (tertiary/aromatic N) is 2. The van der Waals surface area contributed by atoms with Crippen molar-refractivity contribution in [3.8, 4) is 0 Å². The first kappa shape index (κ1) is 21.0. The molecule has 1 heterocycles. The lowest BCUT2D eigenvalue weighted by Gasteiger charge is -2.38. The number of hydrogen-bond donors (Lipinski definition) is 0. The van der Waals surface area contributed by atoms with Crippen LogP contribution in [0.5, 0.6) is 0 Å². The number of carbonyl (C=O) groups is 1. The molecule has 0 unspecified atom stereocenters. The first-order valence-corrected chi connectivity index (χ1v) is 10.2. The summed E-state index contributed by atoms with van der Waals surface area (Å²) in [5.74, 6) is -0.386. The zero-order chi connectivity index (χ0) is 21.8. The number of piperazine rings is 1. The van der Waals surface area contributed by atoms with E-state index in [0.29, 0.717) is 31.9 Å². The van der Waals surface area contributed by atoms with E-state index >= 15 is 0 Å². The van der Waals surface area contributed by atoms with Gasteiger partial charge in [0.25, 0.3) is 0 Å². The van der Waals surface area contributed by atoms with Crippen molar-refractivity contribution >= 4 is 11.6 Å². The van der Waals surface area contributed by atoms with Gasteiger partial charge in [-0.1, -0.05) is 66.7 Å². The van der Waals surface area contributed by atoms with Crippen LogP contribution in [-0.4, -0.2) is 37.0 Å². The van der Waals surface area contributed by atoms with Gasteiger partial charge in [0, 0.05) is 31.9 Å². The van der Waals surface area contributed by atoms with Crippen LogP contribution in [0.15, 0.2) is 84.9 Å². The predicted molar refractivity (Wildman–Crippen MR) is 115 cm³/mol. The molecule has 1 saturated heterocycles. The van der Waals surface area contributed by atoms with Gasteiger partial charge in [-0.3, -0.25) is 4.79 Å². The number of halogens is 3. The minimum absolute atomic E-state index is 0.0149. The van der Waals surface area contributed by atoms with E-state index in [9.17, 15) is 18.0 Å². The lowest BCUT2D eigenvalue weighted by molar-refractivity contribution is -0.137. The normalized spacial score (nSPS) is 14.7. The molecule has 0 bridgehead atoms. The Hall–Kier alpha value is -3.28. The summed E-state index contributed by atoms with van der Waals surface area (Å²) in [6, 6.07) is 24.7. The van der Waals surface area contributed by atoms with Crippen molar-refractivity contribution in [1.82, 2.24) is 4.90 Å². The Bertz CT molecular complexity index is 974. The number of alkyl halides is 3. The number of amides is 1. The highest BCUT2D eigenvalue weighted by Gasteiger charge is 2.32. The quantitative estimate of drug-likeness (QED) is 0.576. The van der Waals surface area contributed by atoms with E-state index in [1.807, 2.05) is 70.5 Å². The smallest absolute Gasteiger partial charge is 0.368 e. The van der Waals surface area contributed by atoms with Crippen molar-refractivity contribution < 1.29 is 18.0 Å². The van der Waals surface area contributed by atoms with Crippen LogP contribution in [0.2, 0.25) is 0 Å². The average molecular weight is 424 g/mol. The van der Waals surface area contributed by atoms with Crippen LogP contribution in [0.1, 0.15) is 22.6 Å². The molecule has 0 radical (unpaired) electrons. The largest absolute Gasteiger partial charge is 0.416 e. The van der Waals surface area contributed by atoms with Gasteiger partial charge in [-0.25, -0.2) is 0 Å². The molecular weight excluding hydrogens is 401 g/mol. The second kappa shape index (κ2) is 8.84. The van der Waals surface area contributed by atoms with E-state index in [0.717, 1.165) is 17.2 Å². The Balaban J connectivity index is 1.50. The highest BCUT2D eigenvalue weighted by Crippen LogP contribution is 2.32. The number of benzene rings is 3. The Morgan fingerprint density at radius 2 is 1.29 bits per heavy atom. The van der Waals surface area contributed by atoms with Crippen molar-refractivity contribution in [2.24, 2.45) is 0 Å². The average Bonchev–Trinajstić information content (AvgIpc) is 2.80.